The molecule has 0 saturated carbocycles. The van der Waals surface area contributed by atoms with Gasteiger partial charge in [0.2, 0.25) is 0 Å². The van der Waals surface area contributed by atoms with E-state index in [1.54, 1.807) is 6.92 Å². The topological polar surface area (TPSA) is 37.3 Å². The highest BCUT2D eigenvalue weighted by Gasteiger charge is 2.22. The average molecular weight is 284 g/mol. The van der Waals surface area contributed by atoms with Gasteiger partial charge in [-0.15, -0.1) is 0 Å². The van der Waals surface area contributed by atoms with E-state index >= 15 is 0 Å². The van der Waals surface area contributed by atoms with Crippen molar-refractivity contribution in [3.8, 4) is 0 Å². The molecule has 0 amide bonds. The van der Waals surface area contributed by atoms with E-state index in [1.165, 1.54) is 51.4 Å². The molecule has 0 saturated heterocycles. The maximum atomic E-state index is 11.7. The molecule has 120 valence electrons. The number of hydrogen-bond acceptors (Lipinski definition) is 2. The lowest BCUT2D eigenvalue weighted by Gasteiger charge is -2.20. The fourth-order valence-corrected chi connectivity index (χ4v) is 2.79. The van der Waals surface area contributed by atoms with E-state index in [9.17, 15) is 9.90 Å². The van der Waals surface area contributed by atoms with Gasteiger partial charge in [0.1, 0.15) is 5.78 Å². The van der Waals surface area contributed by atoms with E-state index in [0.717, 1.165) is 25.7 Å². The summed E-state index contributed by atoms with van der Waals surface area (Å²) in [7, 11) is 0. The quantitative estimate of drug-likeness (QED) is 0.441. The van der Waals surface area contributed by atoms with Crippen molar-refractivity contribution in [3.05, 3.63) is 0 Å². The van der Waals surface area contributed by atoms with Gasteiger partial charge in [-0.1, -0.05) is 78.1 Å². The zero-order valence-electron chi connectivity index (χ0n) is 14.0. The third-order valence-electron chi connectivity index (χ3n) is 4.21. The molecule has 0 rings (SSSR count). The van der Waals surface area contributed by atoms with Crippen LogP contribution in [0.5, 0.6) is 0 Å². The summed E-state index contributed by atoms with van der Waals surface area (Å²) in [5, 5.41) is 10.2. The van der Waals surface area contributed by atoms with Gasteiger partial charge in [0.25, 0.3) is 0 Å². The van der Waals surface area contributed by atoms with Crippen LogP contribution < -0.4 is 0 Å². The Morgan fingerprint density at radius 1 is 0.800 bits per heavy atom. The average Bonchev–Trinajstić information content (AvgIpc) is 2.42. The first-order valence-corrected chi connectivity index (χ1v) is 8.82. The number of carbonyl (C=O) groups is 1. The summed E-state index contributed by atoms with van der Waals surface area (Å²) >= 11 is 0. The Morgan fingerprint density at radius 3 is 1.80 bits per heavy atom. The lowest BCUT2D eigenvalue weighted by atomic mass is 9.89. The van der Waals surface area contributed by atoms with E-state index in [1.807, 2.05) is 0 Å². The molecule has 2 nitrogen and oxygen atoms in total. The fraction of sp³-hybridized carbons (Fsp3) is 0.944. The van der Waals surface area contributed by atoms with Gasteiger partial charge in [-0.05, 0) is 19.8 Å². The zero-order valence-corrected chi connectivity index (χ0v) is 14.0. The van der Waals surface area contributed by atoms with Crippen LogP contribution in [0.3, 0.4) is 0 Å². The van der Waals surface area contributed by atoms with Crippen LogP contribution in [0.25, 0.3) is 0 Å². The predicted octanol–water partition coefficient (Wildman–Crippen LogP) is 5.27. The van der Waals surface area contributed by atoms with Crippen molar-refractivity contribution >= 4 is 5.78 Å². The zero-order chi connectivity index (χ0) is 15.2. The van der Waals surface area contributed by atoms with Crippen molar-refractivity contribution in [3.63, 3.8) is 0 Å². The summed E-state index contributed by atoms with van der Waals surface area (Å²) in [4.78, 5) is 11.7. The van der Waals surface area contributed by atoms with Crippen molar-refractivity contribution < 1.29 is 9.90 Å². The lowest BCUT2D eigenvalue weighted by molar-refractivity contribution is -0.124. The smallest absolute Gasteiger partial charge is 0.135 e. The highest BCUT2D eigenvalue weighted by Crippen LogP contribution is 2.20. The van der Waals surface area contributed by atoms with Crippen molar-refractivity contribution in [2.24, 2.45) is 5.92 Å². The number of Topliss-reactive ketones (excluding diaryl/α,β-unsaturated/α-hetero) is 1. The van der Waals surface area contributed by atoms with Gasteiger partial charge in [-0.3, -0.25) is 4.79 Å². The summed E-state index contributed by atoms with van der Waals surface area (Å²) in [6.07, 6.45) is 13.4. The molecule has 0 aliphatic carbocycles. The Hall–Kier alpha value is -0.370. The van der Waals surface area contributed by atoms with Gasteiger partial charge < -0.3 is 5.11 Å². The van der Waals surface area contributed by atoms with Gasteiger partial charge in [0.05, 0.1) is 6.10 Å². The minimum Gasteiger partial charge on any atom is -0.392 e. The molecule has 0 aliphatic rings. The molecule has 0 spiro atoms. The summed E-state index contributed by atoms with van der Waals surface area (Å²) < 4.78 is 0. The van der Waals surface area contributed by atoms with Crippen LogP contribution in [-0.4, -0.2) is 17.0 Å². The van der Waals surface area contributed by atoms with E-state index in [4.69, 9.17) is 0 Å². The summed E-state index contributed by atoms with van der Waals surface area (Å²) in [6.45, 7) is 6.05. The highest BCUT2D eigenvalue weighted by atomic mass is 16.3. The summed E-state index contributed by atoms with van der Waals surface area (Å²) in [6, 6.07) is 0. The largest absolute Gasteiger partial charge is 0.392 e. The van der Waals surface area contributed by atoms with E-state index in [2.05, 4.69) is 13.8 Å². The number of unbranched alkanes of at least 4 members (excludes halogenated alkanes) is 8. The number of carbonyl (C=O) groups excluding carboxylic acids is 1. The van der Waals surface area contributed by atoms with Gasteiger partial charge in [-0.25, -0.2) is 0 Å². The Bertz CT molecular complexity index is 225. The number of ketones is 1. The first-order chi connectivity index (χ1) is 9.63. The third-order valence-corrected chi connectivity index (χ3v) is 4.21. The van der Waals surface area contributed by atoms with Crippen LogP contribution in [0.4, 0.5) is 0 Å². The monoisotopic (exact) mass is 284 g/mol. The fourth-order valence-electron chi connectivity index (χ4n) is 2.79. The van der Waals surface area contributed by atoms with Gasteiger partial charge >= 0.3 is 0 Å². The van der Waals surface area contributed by atoms with Crippen molar-refractivity contribution in [1.29, 1.82) is 0 Å². The molecule has 20 heavy (non-hydrogen) atoms. The molecule has 0 radical (unpaired) electrons. The molecule has 2 atom stereocenters. The van der Waals surface area contributed by atoms with Crippen molar-refractivity contribution in [2.45, 2.75) is 104 Å². The van der Waals surface area contributed by atoms with E-state index in [-0.39, 0.29) is 11.7 Å². The molecule has 1 N–H and O–H groups in total. The number of aliphatic hydroxyl groups is 1. The molecule has 0 aliphatic heterocycles. The molecule has 0 bridgehead atoms. The first kappa shape index (κ1) is 19.6. The molecule has 2 unspecified atom stereocenters. The van der Waals surface area contributed by atoms with Gasteiger partial charge in [0.15, 0.2) is 0 Å². The van der Waals surface area contributed by atoms with Crippen molar-refractivity contribution in [2.75, 3.05) is 0 Å². The standard InChI is InChI=1S/C18H36O2/c1-4-6-8-10-11-12-14-17(16(3)19)18(20)15-13-9-7-5-2/h17-18,20H,4-15H2,1-3H3. The molecular formula is C18H36O2. The van der Waals surface area contributed by atoms with Crippen LogP contribution >= 0.6 is 0 Å². The molecule has 0 aromatic heterocycles. The number of hydrogen-bond donors (Lipinski definition) is 1. The van der Waals surface area contributed by atoms with Gasteiger partial charge in [0, 0.05) is 5.92 Å². The Labute approximate surface area is 126 Å². The SMILES string of the molecule is CCCCCCCCC(C(C)=O)C(O)CCCCCC. The lowest BCUT2D eigenvalue weighted by Crippen LogP contribution is -2.26. The normalized spacial score (nSPS) is 14.2. The Kier molecular flexibility index (Phi) is 13.4. The number of aliphatic hydroxyl groups excluding tert-OH is 1. The second-order valence-corrected chi connectivity index (χ2v) is 6.19. The molecule has 0 heterocycles. The third kappa shape index (κ3) is 10.4. The predicted molar refractivity (Wildman–Crippen MR) is 86.9 cm³/mol. The maximum Gasteiger partial charge on any atom is 0.135 e. The molecule has 0 aromatic rings. The second-order valence-electron chi connectivity index (χ2n) is 6.19. The summed E-state index contributed by atoms with van der Waals surface area (Å²) in [5.74, 6) is 0.0457. The minimum absolute atomic E-state index is 0.122. The van der Waals surface area contributed by atoms with Crippen LogP contribution in [0.15, 0.2) is 0 Å². The minimum atomic E-state index is -0.417. The second kappa shape index (κ2) is 13.6. The van der Waals surface area contributed by atoms with Gasteiger partial charge in [-0.2, -0.15) is 0 Å². The number of rotatable bonds is 14. The van der Waals surface area contributed by atoms with Crippen LogP contribution in [0.1, 0.15) is 97.8 Å². The molecular weight excluding hydrogens is 248 g/mol. The molecule has 2 heteroatoms. The highest BCUT2D eigenvalue weighted by molar-refractivity contribution is 5.78. The van der Waals surface area contributed by atoms with Crippen LogP contribution in [0.2, 0.25) is 0 Å². The maximum absolute atomic E-state index is 11.7. The molecule has 0 fully saturated rings. The van der Waals surface area contributed by atoms with Crippen LogP contribution in [-0.2, 0) is 4.79 Å². The Balaban J connectivity index is 3.81. The van der Waals surface area contributed by atoms with E-state index < -0.39 is 6.10 Å². The molecule has 0 aromatic carbocycles. The van der Waals surface area contributed by atoms with E-state index in [0.29, 0.717) is 0 Å². The van der Waals surface area contributed by atoms with Crippen LogP contribution in [0, 0.1) is 5.92 Å². The van der Waals surface area contributed by atoms with Crippen molar-refractivity contribution in [1.82, 2.24) is 0 Å². The summed E-state index contributed by atoms with van der Waals surface area (Å²) in [5.41, 5.74) is 0. The Morgan fingerprint density at radius 2 is 1.25 bits per heavy atom. The first-order valence-electron chi connectivity index (χ1n) is 8.82.